The van der Waals surface area contributed by atoms with Gasteiger partial charge in [-0.2, -0.15) is 0 Å². The molecule has 0 fully saturated rings. The highest BCUT2D eigenvalue weighted by molar-refractivity contribution is 14.1. The van der Waals surface area contributed by atoms with Crippen LogP contribution in [0.15, 0.2) is 16.7 Å². The molecule has 0 aliphatic carbocycles. The van der Waals surface area contributed by atoms with Crippen LogP contribution in [0.4, 0.5) is 0 Å². The van der Waals surface area contributed by atoms with Gasteiger partial charge in [0.25, 0.3) is 0 Å². The van der Waals surface area contributed by atoms with Gasteiger partial charge in [-0.05, 0) is 25.3 Å². The van der Waals surface area contributed by atoms with Crippen LogP contribution in [0.2, 0.25) is 19.6 Å². The van der Waals surface area contributed by atoms with Gasteiger partial charge in [0.05, 0.1) is 11.6 Å². The number of ether oxygens (including phenoxy) is 1. The van der Waals surface area contributed by atoms with Crippen LogP contribution in [0.5, 0.6) is 0 Å². The van der Waals surface area contributed by atoms with E-state index in [1.807, 2.05) is 6.26 Å². The fourth-order valence-electron chi connectivity index (χ4n) is 3.45. The fourth-order valence-corrected chi connectivity index (χ4v) is 4.85. The van der Waals surface area contributed by atoms with E-state index in [-0.39, 0.29) is 12.1 Å². The molecule has 1 aromatic heterocycles. The van der Waals surface area contributed by atoms with Crippen LogP contribution >= 0.6 is 22.6 Å². The lowest BCUT2D eigenvalue weighted by molar-refractivity contribution is -0.149. The zero-order chi connectivity index (χ0) is 21.5. The standard InChI is InChI=1S/C24H43IO3Si/c1-5-6-7-8-9-10-11-12-13-14-16-22(28-23(26)17-15-18-25)21-19-24(27-20-21)29(2,3)4/h19-20,22H,5-18H2,1-4H3. The van der Waals surface area contributed by atoms with Crippen molar-refractivity contribution in [3.05, 3.63) is 17.9 Å². The van der Waals surface area contributed by atoms with Crippen molar-refractivity contribution in [2.75, 3.05) is 4.43 Å². The molecule has 5 heteroatoms. The molecule has 1 heterocycles. The van der Waals surface area contributed by atoms with Gasteiger partial charge in [-0.3, -0.25) is 4.79 Å². The smallest absolute Gasteiger partial charge is 0.306 e. The lowest BCUT2D eigenvalue weighted by Gasteiger charge is -2.17. The van der Waals surface area contributed by atoms with Gasteiger partial charge in [0.1, 0.15) is 14.2 Å². The Hall–Kier alpha value is -0.303. The van der Waals surface area contributed by atoms with Crippen molar-refractivity contribution in [2.24, 2.45) is 0 Å². The molecule has 0 radical (unpaired) electrons. The second kappa shape index (κ2) is 15.5. The van der Waals surface area contributed by atoms with Crippen molar-refractivity contribution in [1.82, 2.24) is 0 Å². The Bertz CT molecular complexity index is 551. The summed E-state index contributed by atoms with van der Waals surface area (Å²) < 4.78 is 12.7. The summed E-state index contributed by atoms with van der Waals surface area (Å²) in [5, 5.41) is 1.09. The molecule has 0 N–H and O–H groups in total. The summed E-state index contributed by atoms with van der Waals surface area (Å²) in [5.41, 5.74) is 1.04. The monoisotopic (exact) mass is 534 g/mol. The van der Waals surface area contributed by atoms with Crippen LogP contribution in [0, 0.1) is 0 Å². The molecule has 1 rings (SSSR count). The van der Waals surface area contributed by atoms with Gasteiger partial charge in [-0.15, -0.1) is 0 Å². The third-order valence-corrected chi connectivity index (χ3v) is 7.84. The van der Waals surface area contributed by atoms with E-state index >= 15 is 0 Å². The number of hydrogen-bond donors (Lipinski definition) is 0. The molecule has 0 amide bonds. The Morgan fingerprint density at radius 1 is 1.00 bits per heavy atom. The molecule has 0 saturated heterocycles. The van der Waals surface area contributed by atoms with Crippen LogP contribution in [0.25, 0.3) is 0 Å². The second-order valence-corrected chi connectivity index (χ2v) is 15.3. The number of furan rings is 1. The van der Waals surface area contributed by atoms with Gasteiger partial charge < -0.3 is 9.15 Å². The van der Waals surface area contributed by atoms with Crippen LogP contribution in [-0.2, 0) is 9.53 Å². The Kier molecular flexibility index (Phi) is 14.3. The van der Waals surface area contributed by atoms with E-state index in [9.17, 15) is 4.79 Å². The number of halogens is 1. The lowest BCUT2D eigenvalue weighted by Crippen LogP contribution is -2.36. The summed E-state index contributed by atoms with van der Waals surface area (Å²) in [6.07, 6.45) is 17.1. The number of hydrogen-bond acceptors (Lipinski definition) is 3. The SMILES string of the molecule is CCCCCCCCCCCCC(OC(=O)CCCI)c1coc([Si](C)(C)C)c1. The summed E-state index contributed by atoms with van der Waals surface area (Å²) >= 11 is 2.31. The molecule has 0 aliphatic rings. The Labute approximate surface area is 193 Å². The molecule has 1 aromatic rings. The van der Waals surface area contributed by atoms with E-state index < -0.39 is 8.07 Å². The first-order valence-corrected chi connectivity index (χ1v) is 16.8. The van der Waals surface area contributed by atoms with Gasteiger partial charge in [0.2, 0.25) is 0 Å². The third-order valence-electron chi connectivity index (χ3n) is 5.34. The maximum atomic E-state index is 12.2. The van der Waals surface area contributed by atoms with Crippen LogP contribution < -0.4 is 5.38 Å². The minimum Gasteiger partial charge on any atom is -0.474 e. The summed E-state index contributed by atoms with van der Waals surface area (Å²) in [6.45, 7) is 9.10. The summed E-state index contributed by atoms with van der Waals surface area (Å²) in [5.74, 6) is -0.0745. The zero-order valence-electron chi connectivity index (χ0n) is 19.2. The average Bonchev–Trinajstić information content (AvgIpc) is 3.17. The normalized spacial score (nSPS) is 12.9. The van der Waals surface area contributed by atoms with Crippen molar-refractivity contribution in [3.8, 4) is 0 Å². The zero-order valence-corrected chi connectivity index (χ0v) is 22.4. The first-order valence-electron chi connectivity index (χ1n) is 11.7. The molecule has 1 unspecified atom stereocenters. The summed E-state index contributed by atoms with van der Waals surface area (Å²) in [7, 11) is -1.49. The molecule has 0 bridgehead atoms. The number of esters is 1. The van der Waals surface area contributed by atoms with Crippen molar-refractivity contribution >= 4 is 42.0 Å². The number of carbonyl (C=O) groups excluding carboxylic acids is 1. The fraction of sp³-hybridized carbons (Fsp3) is 0.792. The topological polar surface area (TPSA) is 39.4 Å². The third kappa shape index (κ3) is 12.2. The van der Waals surface area contributed by atoms with Crippen molar-refractivity contribution in [2.45, 2.75) is 116 Å². The molecule has 1 atom stereocenters. The predicted molar refractivity (Wildman–Crippen MR) is 135 cm³/mol. The Morgan fingerprint density at radius 2 is 1.59 bits per heavy atom. The minimum absolute atomic E-state index is 0.0745. The molecule has 0 aliphatic heterocycles. The van der Waals surface area contributed by atoms with E-state index in [0.717, 1.165) is 34.6 Å². The van der Waals surface area contributed by atoms with Crippen molar-refractivity contribution in [3.63, 3.8) is 0 Å². The molecular weight excluding hydrogens is 491 g/mol. The van der Waals surface area contributed by atoms with Crippen molar-refractivity contribution < 1.29 is 13.9 Å². The largest absolute Gasteiger partial charge is 0.474 e. The lowest BCUT2D eigenvalue weighted by atomic mass is 10.0. The van der Waals surface area contributed by atoms with Gasteiger partial charge in [0, 0.05) is 16.4 Å². The minimum atomic E-state index is -1.49. The maximum Gasteiger partial charge on any atom is 0.306 e. The quantitative estimate of drug-likeness (QED) is 0.0670. The highest BCUT2D eigenvalue weighted by Gasteiger charge is 2.25. The van der Waals surface area contributed by atoms with Gasteiger partial charge in [0.15, 0.2) is 0 Å². The first kappa shape index (κ1) is 26.7. The van der Waals surface area contributed by atoms with Crippen molar-refractivity contribution in [1.29, 1.82) is 0 Å². The highest BCUT2D eigenvalue weighted by atomic mass is 127. The maximum absolute atomic E-state index is 12.2. The van der Waals surface area contributed by atoms with Gasteiger partial charge >= 0.3 is 5.97 Å². The molecule has 0 spiro atoms. The van der Waals surface area contributed by atoms with E-state index in [1.165, 1.54) is 57.8 Å². The van der Waals surface area contributed by atoms with E-state index in [4.69, 9.17) is 9.15 Å². The van der Waals surface area contributed by atoms with Gasteiger partial charge in [-0.25, -0.2) is 0 Å². The Morgan fingerprint density at radius 3 is 2.10 bits per heavy atom. The first-order chi connectivity index (χ1) is 13.9. The molecular formula is C24H43IO3Si. The summed E-state index contributed by atoms with van der Waals surface area (Å²) in [4.78, 5) is 12.2. The van der Waals surface area contributed by atoms with Crippen LogP contribution in [0.1, 0.15) is 102 Å². The van der Waals surface area contributed by atoms with Crippen LogP contribution in [0.3, 0.4) is 0 Å². The molecule has 0 saturated carbocycles. The predicted octanol–water partition coefficient (Wildman–Crippen LogP) is 7.94. The molecule has 3 nitrogen and oxygen atoms in total. The average molecular weight is 535 g/mol. The van der Waals surface area contributed by atoms with Crippen LogP contribution in [-0.4, -0.2) is 18.5 Å². The van der Waals surface area contributed by atoms with E-state index in [0.29, 0.717) is 6.42 Å². The number of unbranched alkanes of at least 4 members (excludes halogenated alkanes) is 9. The number of alkyl halides is 1. The Balaban J connectivity index is 2.43. The molecule has 0 aromatic carbocycles. The number of rotatable bonds is 17. The van der Waals surface area contributed by atoms with Gasteiger partial charge in [-0.1, -0.05) is 107 Å². The molecule has 29 heavy (non-hydrogen) atoms. The van der Waals surface area contributed by atoms with E-state index in [2.05, 4.69) is 55.2 Å². The highest BCUT2D eigenvalue weighted by Crippen LogP contribution is 2.26. The number of carbonyl (C=O) groups is 1. The van der Waals surface area contributed by atoms with E-state index in [1.54, 1.807) is 0 Å². The second-order valence-electron chi connectivity index (χ2n) is 9.24. The summed E-state index contributed by atoms with van der Waals surface area (Å²) in [6, 6.07) is 2.14. The molecule has 168 valence electrons.